The normalized spacial score (nSPS) is 13.7. The number of hydrogen-bond donors (Lipinski definition) is 1. The van der Waals surface area contributed by atoms with Crippen LogP contribution in [0.1, 0.15) is 60.3 Å². The first kappa shape index (κ1) is 15.9. The molecule has 1 unspecified atom stereocenters. The minimum atomic E-state index is 0.657. The van der Waals surface area contributed by atoms with Crippen molar-refractivity contribution in [2.45, 2.75) is 72.4 Å². The van der Waals surface area contributed by atoms with Crippen molar-refractivity contribution in [2.24, 2.45) is 0 Å². The van der Waals surface area contributed by atoms with Gasteiger partial charge in [0.2, 0.25) is 0 Å². The molecule has 98 valence electrons. The fraction of sp³-hybridized carbons (Fsp3) is 1.00. The van der Waals surface area contributed by atoms with Crippen molar-refractivity contribution in [3.63, 3.8) is 0 Å². The van der Waals surface area contributed by atoms with Crippen LogP contribution >= 0.6 is 0 Å². The van der Waals surface area contributed by atoms with Gasteiger partial charge in [-0.2, -0.15) is 0 Å². The second-order valence-electron chi connectivity index (χ2n) is 5.10. The molecule has 0 heterocycles. The van der Waals surface area contributed by atoms with Crippen LogP contribution in [0.25, 0.3) is 0 Å². The van der Waals surface area contributed by atoms with Gasteiger partial charge in [-0.15, -0.1) is 0 Å². The monoisotopic (exact) mass is 228 g/mol. The summed E-state index contributed by atoms with van der Waals surface area (Å²) < 4.78 is 0. The van der Waals surface area contributed by atoms with Gasteiger partial charge in [-0.05, 0) is 40.2 Å². The fourth-order valence-corrected chi connectivity index (χ4v) is 1.79. The van der Waals surface area contributed by atoms with Crippen LogP contribution in [0.4, 0.5) is 0 Å². The summed E-state index contributed by atoms with van der Waals surface area (Å²) in [6.45, 7) is 14.9. The highest BCUT2D eigenvalue weighted by Gasteiger charge is 2.08. The second kappa shape index (κ2) is 10.1. The Balaban J connectivity index is 3.68. The minimum Gasteiger partial charge on any atom is -0.313 e. The van der Waals surface area contributed by atoms with Crippen molar-refractivity contribution in [2.75, 3.05) is 19.6 Å². The lowest BCUT2D eigenvalue weighted by atomic mass is 10.2. The topological polar surface area (TPSA) is 15.3 Å². The summed E-state index contributed by atoms with van der Waals surface area (Å²) in [5.74, 6) is 0. The molecule has 0 spiro atoms. The molecule has 0 rings (SSSR count). The van der Waals surface area contributed by atoms with Crippen LogP contribution in [0.2, 0.25) is 0 Å². The first-order chi connectivity index (χ1) is 7.61. The van der Waals surface area contributed by atoms with Crippen molar-refractivity contribution in [1.82, 2.24) is 10.2 Å². The van der Waals surface area contributed by atoms with Crippen LogP contribution in [-0.2, 0) is 0 Å². The van der Waals surface area contributed by atoms with E-state index in [1.165, 1.54) is 38.8 Å². The lowest BCUT2D eigenvalue weighted by Gasteiger charge is -2.27. The number of hydrogen-bond acceptors (Lipinski definition) is 2. The third-order valence-electron chi connectivity index (χ3n) is 3.28. The van der Waals surface area contributed by atoms with Crippen LogP contribution in [0.5, 0.6) is 0 Å². The maximum absolute atomic E-state index is 3.57. The lowest BCUT2D eigenvalue weighted by Crippen LogP contribution is -2.39. The van der Waals surface area contributed by atoms with E-state index in [2.05, 4.69) is 44.8 Å². The highest BCUT2D eigenvalue weighted by molar-refractivity contribution is 4.66. The second-order valence-corrected chi connectivity index (χ2v) is 5.10. The van der Waals surface area contributed by atoms with E-state index >= 15 is 0 Å². The molecule has 0 aliphatic carbocycles. The minimum absolute atomic E-state index is 0.657. The lowest BCUT2D eigenvalue weighted by molar-refractivity contribution is 0.215. The van der Waals surface area contributed by atoms with Gasteiger partial charge in [0.15, 0.2) is 0 Å². The number of nitrogens with one attached hydrogen (secondary N) is 1. The number of unbranched alkanes of at least 4 members (excludes halogenated alkanes) is 2. The van der Waals surface area contributed by atoms with Gasteiger partial charge in [0.1, 0.15) is 0 Å². The molecule has 16 heavy (non-hydrogen) atoms. The molecule has 0 aromatic rings. The zero-order valence-corrected chi connectivity index (χ0v) is 12.1. The Hall–Kier alpha value is -0.0800. The Kier molecular flexibility index (Phi) is 10.0. The van der Waals surface area contributed by atoms with Crippen molar-refractivity contribution >= 4 is 0 Å². The van der Waals surface area contributed by atoms with Gasteiger partial charge in [0.25, 0.3) is 0 Å². The summed E-state index contributed by atoms with van der Waals surface area (Å²) in [4.78, 5) is 2.59. The predicted molar refractivity (Wildman–Crippen MR) is 74.0 cm³/mol. The standard InChI is InChI=1S/C14H32N2/c1-6-8-9-11-16(13(3)4)12-10-15-14(5)7-2/h13-15H,6-12H2,1-5H3. The quantitative estimate of drug-likeness (QED) is 0.577. The fourth-order valence-electron chi connectivity index (χ4n) is 1.79. The highest BCUT2D eigenvalue weighted by atomic mass is 15.2. The molecule has 0 aromatic heterocycles. The Morgan fingerprint density at radius 3 is 2.19 bits per heavy atom. The first-order valence-corrected chi connectivity index (χ1v) is 7.09. The van der Waals surface area contributed by atoms with E-state index in [4.69, 9.17) is 0 Å². The average Bonchev–Trinajstić information content (AvgIpc) is 2.26. The summed E-state index contributed by atoms with van der Waals surface area (Å²) >= 11 is 0. The zero-order chi connectivity index (χ0) is 12.4. The van der Waals surface area contributed by atoms with Crippen molar-refractivity contribution < 1.29 is 0 Å². The van der Waals surface area contributed by atoms with Gasteiger partial charge in [-0.3, -0.25) is 4.90 Å². The highest BCUT2D eigenvalue weighted by Crippen LogP contribution is 2.02. The number of rotatable bonds is 10. The maximum atomic E-state index is 3.57. The molecule has 0 saturated carbocycles. The van der Waals surface area contributed by atoms with E-state index in [1.54, 1.807) is 0 Å². The molecule has 1 N–H and O–H groups in total. The van der Waals surface area contributed by atoms with E-state index in [0.29, 0.717) is 12.1 Å². The third-order valence-corrected chi connectivity index (χ3v) is 3.28. The molecule has 1 atom stereocenters. The molecule has 0 fully saturated rings. The first-order valence-electron chi connectivity index (χ1n) is 7.09. The number of nitrogens with zero attached hydrogens (tertiary/aromatic N) is 1. The largest absolute Gasteiger partial charge is 0.313 e. The van der Waals surface area contributed by atoms with Crippen molar-refractivity contribution in [1.29, 1.82) is 0 Å². The van der Waals surface area contributed by atoms with E-state index in [1.807, 2.05) is 0 Å². The van der Waals surface area contributed by atoms with Crippen LogP contribution in [0.15, 0.2) is 0 Å². The molecule has 0 aliphatic heterocycles. The molecule has 0 bridgehead atoms. The van der Waals surface area contributed by atoms with Crippen LogP contribution in [0, 0.1) is 0 Å². The van der Waals surface area contributed by atoms with Gasteiger partial charge < -0.3 is 5.32 Å². The molecular weight excluding hydrogens is 196 g/mol. The Morgan fingerprint density at radius 1 is 1.00 bits per heavy atom. The molecule has 2 nitrogen and oxygen atoms in total. The molecule has 0 aliphatic rings. The van der Waals surface area contributed by atoms with E-state index in [0.717, 1.165) is 6.54 Å². The van der Waals surface area contributed by atoms with Gasteiger partial charge in [0, 0.05) is 25.2 Å². The van der Waals surface area contributed by atoms with E-state index in [-0.39, 0.29) is 0 Å². The maximum Gasteiger partial charge on any atom is 0.0110 e. The van der Waals surface area contributed by atoms with Crippen LogP contribution in [-0.4, -0.2) is 36.6 Å². The van der Waals surface area contributed by atoms with Crippen LogP contribution < -0.4 is 5.32 Å². The zero-order valence-electron chi connectivity index (χ0n) is 12.1. The summed E-state index contributed by atoms with van der Waals surface area (Å²) in [6, 6.07) is 1.33. The predicted octanol–water partition coefficient (Wildman–Crippen LogP) is 3.28. The smallest absolute Gasteiger partial charge is 0.0110 e. The molecule has 0 radical (unpaired) electrons. The molecular formula is C14H32N2. The Bertz CT molecular complexity index is 146. The van der Waals surface area contributed by atoms with Gasteiger partial charge in [0.05, 0.1) is 0 Å². The summed E-state index contributed by atoms with van der Waals surface area (Å²) in [5.41, 5.74) is 0. The SMILES string of the molecule is CCCCCN(CCNC(C)CC)C(C)C. The molecule has 2 heteroatoms. The summed E-state index contributed by atoms with van der Waals surface area (Å²) in [5, 5.41) is 3.57. The average molecular weight is 228 g/mol. The van der Waals surface area contributed by atoms with Crippen LogP contribution in [0.3, 0.4) is 0 Å². The third kappa shape index (κ3) is 8.12. The Labute approximate surface area is 103 Å². The van der Waals surface area contributed by atoms with Crippen molar-refractivity contribution in [3.05, 3.63) is 0 Å². The van der Waals surface area contributed by atoms with Gasteiger partial charge in [-0.25, -0.2) is 0 Å². The van der Waals surface area contributed by atoms with E-state index < -0.39 is 0 Å². The van der Waals surface area contributed by atoms with E-state index in [9.17, 15) is 0 Å². The van der Waals surface area contributed by atoms with Gasteiger partial charge in [-0.1, -0.05) is 26.7 Å². The molecule has 0 amide bonds. The van der Waals surface area contributed by atoms with Crippen molar-refractivity contribution in [3.8, 4) is 0 Å². The Morgan fingerprint density at radius 2 is 1.69 bits per heavy atom. The molecule has 0 saturated heterocycles. The van der Waals surface area contributed by atoms with Gasteiger partial charge >= 0.3 is 0 Å². The summed E-state index contributed by atoms with van der Waals surface area (Å²) in [7, 11) is 0. The molecule has 0 aromatic carbocycles. The summed E-state index contributed by atoms with van der Waals surface area (Å²) in [6.07, 6.45) is 5.24.